The first-order chi connectivity index (χ1) is 11.2. The van der Waals surface area contributed by atoms with Gasteiger partial charge in [0.05, 0.1) is 6.42 Å². The first-order valence-electron chi connectivity index (χ1n) is 8.61. The van der Waals surface area contributed by atoms with E-state index in [1.807, 2.05) is 0 Å². The van der Waals surface area contributed by atoms with Crippen LogP contribution in [0, 0.1) is 23.7 Å². The van der Waals surface area contributed by atoms with Crippen molar-refractivity contribution in [3.05, 3.63) is 12.2 Å². The van der Waals surface area contributed by atoms with Gasteiger partial charge in [0.25, 0.3) is 0 Å². The van der Waals surface area contributed by atoms with Crippen molar-refractivity contribution in [2.45, 2.75) is 83.7 Å². The zero-order valence-corrected chi connectivity index (χ0v) is 14.2. The van der Waals surface area contributed by atoms with Gasteiger partial charge in [0.15, 0.2) is 6.17 Å². The van der Waals surface area contributed by atoms with Crippen LogP contribution >= 0.6 is 0 Å². The molecule has 0 amide bonds. The number of carboxylic acid groups (broad SMARTS) is 1. The quantitative estimate of drug-likeness (QED) is 0.319. The Kier molecular flexibility index (Phi) is 15.4. The summed E-state index contributed by atoms with van der Waals surface area (Å²) in [5.74, 6) is 10.2. The SMILES string of the molecule is CCCCC/C=C\CCCCC#CCC#CCCC(F)C(=O)O. The van der Waals surface area contributed by atoms with Gasteiger partial charge in [-0.05, 0) is 32.1 Å². The summed E-state index contributed by atoms with van der Waals surface area (Å²) < 4.78 is 12.7. The molecule has 0 spiro atoms. The summed E-state index contributed by atoms with van der Waals surface area (Å²) in [7, 11) is 0. The number of allylic oxidation sites excluding steroid dienone is 2. The Hall–Kier alpha value is -1.74. The number of aliphatic carboxylic acids is 1. The third-order valence-electron chi connectivity index (χ3n) is 3.28. The lowest BCUT2D eigenvalue weighted by Crippen LogP contribution is -2.13. The topological polar surface area (TPSA) is 37.3 Å². The smallest absolute Gasteiger partial charge is 0.338 e. The lowest BCUT2D eigenvalue weighted by molar-refractivity contribution is -0.142. The van der Waals surface area contributed by atoms with Gasteiger partial charge >= 0.3 is 5.97 Å². The minimum absolute atomic E-state index is 0.0538. The van der Waals surface area contributed by atoms with Crippen LogP contribution in [0.1, 0.15) is 77.6 Å². The van der Waals surface area contributed by atoms with Gasteiger partial charge in [-0.15, -0.1) is 11.8 Å². The minimum atomic E-state index is -1.81. The van der Waals surface area contributed by atoms with Crippen molar-refractivity contribution >= 4 is 5.97 Å². The van der Waals surface area contributed by atoms with Crippen LogP contribution in [0.4, 0.5) is 4.39 Å². The van der Waals surface area contributed by atoms with E-state index in [1.165, 1.54) is 25.7 Å². The molecule has 0 aromatic carbocycles. The molecule has 1 N–H and O–H groups in total. The van der Waals surface area contributed by atoms with E-state index in [0.29, 0.717) is 6.42 Å². The Morgan fingerprint density at radius 3 is 2.22 bits per heavy atom. The Labute approximate surface area is 140 Å². The first kappa shape index (κ1) is 21.3. The number of halogens is 1. The highest BCUT2D eigenvalue weighted by molar-refractivity contribution is 5.71. The number of unbranched alkanes of at least 4 members (excludes halogenated alkanes) is 6. The van der Waals surface area contributed by atoms with Gasteiger partial charge in [-0.3, -0.25) is 0 Å². The summed E-state index contributed by atoms with van der Waals surface area (Å²) in [4.78, 5) is 10.2. The van der Waals surface area contributed by atoms with Crippen LogP contribution in [-0.4, -0.2) is 17.2 Å². The summed E-state index contributed by atoms with van der Waals surface area (Å²) in [6.07, 6.45) is 12.8. The van der Waals surface area contributed by atoms with Crippen molar-refractivity contribution in [1.82, 2.24) is 0 Å². The molecule has 0 aliphatic carbocycles. The number of rotatable bonds is 11. The lowest BCUT2D eigenvalue weighted by atomic mass is 10.1. The lowest BCUT2D eigenvalue weighted by Gasteiger charge is -1.96. The number of carbonyl (C=O) groups is 1. The van der Waals surface area contributed by atoms with Crippen LogP contribution in [0.3, 0.4) is 0 Å². The van der Waals surface area contributed by atoms with Crippen LogP contribution in [-0.2, 0) is 4.79 Å². The summed E-state index contributed by atoms with van der Waals surface area (Å²) >= 11 is 0. The summed E-state index contributed by atoms with van der Waals surface area (Å²) in [5, 5.41) is 8.36. The molecule has 0 aromatic rings. The zero-order valence-electron chi connectivity index (χ0n) is 14.2. The van der Waals surface area contributed by atoms with E-state index in [1.54, 1.807) is 0 Å². The van der Waals surface area contributed by atoms with Crippen LogP contribution < -0.4 is 0 Å². The normalized spacial score (nSPS) is 11.4. The third-order valence-corrected chi connectivity index (χ3v) is 3.28. The van der Waals surface area contributed by atoms with Crippen molar-refractivity contribution in [2.24, 2.45) is 0 Å². The molecule has 0 heterocycles. The minimum Gasteiger partial charge on any atom is -0.479 e. The average Bonchev–Trinajstić information content (AvgIpc) is 2.54. The molecular weight excluding hydrogens is 291 g/mol. The fourth-order valence-corrected chi connectivity index (χ4v) is 1.89. The second-order valence-corrected chi connectivity index (χ2v) is 5.44. The molecular formula is C20H29FO2. The molecule has 0 saturated heterocycles. The van der Waals surface area contributed by atoms with Crippen LogP contribution in [0.5, 0.6) is 0 Å². The number of carboxylic acids is 1. The van der Waals surface area contributed by atoms with Gasteiger partial charge in [0, 0.05) is 19.3 Å². The molecule has 0 bridgehead atoms. The monoisotopic (exact) mass is 320 g/mol. The number of hydrogen-bond donors (Lipinski definition) is 1. The molecule has 0 rings (SSSR count). The highest BCUT2D eigenvalue weighted by Gasteiger charge is 2.13. The molecule has 1 unspecified atom stereocenters. The maximum Gasteiger partial charge on any atom is 0.338 e. The van der Waals surface area contributed by atoms with Crippen molar-refractivity contribution in [1.29, 1.82) is 0 Å². The fourth-order valence-electron chi connectivity index (χ4n) is 1.89. The third kappa shape index (κ3) is 16.5. The molecule has 0 radical (unpaired) electrons. The van der Waals surface area contributed by atoms with Gasteiger partial charge in [-0.25, -0.2) is 9.18 Å². The molecule has 0 aliphatic rings. The number of alkyl halides is 1. The Morgan fingerprint density at radius 1 is 1.00 bits per heavy atom. The standard InChI is InChI=1S/C20H29FO2/c1-2-3-4-5-6-7-8-9-10-11-12-13-14-15-16-17-18-19(21)20(22)23/h6-7,19H,2-5,8-11,14,17-18H2,1H3,(H,22,23)/b7-6-. The Morgan fingerprint density at radius 2 is 1.61 bits per heavy atom. The first-order valence-corrected chi connectivity index (χ1v) is 8.61. The highest BCUT2D eigenvalue weighted by atomic mass is 19.1. The molecule has 3 heteroatoms. The molecule has 1 atom stereocenters. The molecule has 23 heavy (non-hydrogen) atoms. The van der Waals surface area contributed by atoms with Gasteiger partial charge in [-0.2, -0.15) is 0 Å². The molecule has 0 fully saturated rings. The summed E-state index contributed by atoms with van der Waals surface area (Å²) in [5.41, 5.74) is 0. The summed E-state index contributed by atoms with van der Waals surface area (Å²) in [6.45, 7) is 2.22. The molecule has 128 valence electrons. The largest absolute Gasteiger partial charge is 0.479 e. The highest BCUT2D eigenvalue weighted by Crippen LogP contribution is 2.03. The van der Waals surface area contributed by atoms with E-state index < -0.39 is 12.1 Å². The van der Waals surface area contributed by atoms with Crippen LogP contribution in [0.15, 0.2) is 12.2 Å². The summed E-state index contributed by atoms with van der Waals surface area (Å²) in [6, 6.07) is 0. The second-order valence-electron chi connectivity index (χ2n) is 5.44. The van der Waals surface area contributed by atoms with Crippen molar-refractivity contribution in [3.8, 4) is 23.7 Å². The van der Waals surface area contributed by atoms with Gasteiger partial charge in [0.1, 0.15) is 0 Å². The van der Waals surface area contributed by atoms with Gasteiger partial charge in [-0.1, -0.05) is 43.8 Å². The van der Waals surface area contributed by atoms with Crippen LogP contribution in [0.25, 0.3) is 0 Å². The molecule has 0 aromatic heterocycles. The van der Waals surface area contributed by atoms with Crippen molar-refractivity contribution in [3.63, 3.8) is 0 Å². The van der Waals surface area contributed by atoms with E-state index in [-0.39, 0.29) is 12.8 Å². The predicted molar refractivity (Wildman–Crippen MR) is 93.7 cm³/mol. The van der Waals surface area contributed by atoms with E-state index in [4.69, 9.17) is 5.11 Å². The van der Waals surface area contributed by atoms with E-state index >= 15 is 0 Å². The van der Waals surface area contributed by atoms with Crippen molar-refractivity contribution in [2.75, 3.05) is 0 Å². The fraction of sp³-hybridized carbons (Fsp3) is 0.650. The van der Waals surface area contributed by atoms with E-state index in [2.05, 4.69) is 42.8 Å². The van der Waals surface area contributed by atoms with Crippen molar-refractivity contribution < 1.29 is 14.3 Å². The maximum atomic E-state index is 12.7. The van der Waals surface area contributed by atoms with Gasteiger partial charge in [0.2, 0.25) is 0 Å². The van der Waals surface area contributed by atoms with Gasteiger partial charge < -0.3 is 5.11 Å². The zero-order chi connectivity index (χ0) is 17.2. The van der Waals surface area contributed by atoms with E-state index in [0.717, 1.165) is 25.7 Å². The maximum absolute atomic E-state index is 12.7. The Balaban J connectivity index is 3.45. The van der Waals surface area contributed by atoms with E-state index in [9.17, 15) is 9.18 Å². The average molecular weight is 320 g/mol. The predicted octanol–water partition coefficient (Wildman–Crippen LogP) is 5.28. The molecule has 0 aliphatic heterocycles. The molecule has 0 saturated carbocycles. The molecule has 2 nitrogen and oxygen atoms in total. The second kappa shape index (κ2) is 16.6. The number of hydrogen-bond acceptors (Lipinski definition) is 1. The Bertz CT molecular complexity index is 446. The van der Waals surface area contributed by atoms with Crippen LogP contribution in [0.2, 0.25) is 0 Å².